The van der Waals surface area contributed by atoms with Crippen LogP contribution >= 0.6 is 0 Å². The van der Waals surface area contributed by atoms with Crippen molar-refractivity contribution < 1.29 is 17.1 Å². The molecule has 2 aliphatic carbocycles. The van der Waals surface area contributed by atoms with Crippen molar-refractivity contribution >= 4 is 0 Å². The Morgan fingerprint density at radius 1 is 1.29 bits per heavy atom. The van der Waals surface area contributed by atoms with Gasteiger partial charge in [0.15, 0.2) is 0 Å². The summed E-state index contributed by atoms with van der Waals surface area (Å²) in [7, 11) is 0. The van der Waals surface area contributed by atoms with E-state index in [1.807, 2.05) is 0 Å². The molecule has 1 atom stereocenters. The summed E-state index contributed by atoms with van der Waals surface area (Å²) in [5.41, 5.74) is 0. The first-order valence-corrected chi connectivity index (χ1v) is 5.61. The molecule has 82 valence electrons. The third-order valence-corrected chi connectivity index (χ3v) is 3.07. The summed E-state index contributed by atoms with van der Waals surface area (Å²) in [5, 5.41) is 0. The second kappa shape index (κ2) is 8.56. The molecule has 1 heteroatoms. The summed E-state index contributed by atoms with van der Waals surface area (Å²) in [5.74, 6) is 2.37. The molecule has 0 spiro atoms. The molecule has 0 amide bonds. The van der Waals surface area contributed by atoms with E-state index in [2.05, 4.69) is 26.0 Å². The summed E-state index contributed by atoms with van der Waals surface area (Å²) in [6.07, 6.45) is 14.1. The maximum atomic E-state index is 3.77. The van der Waals surface area contributed by atoms with Crippen molar-refractivity contribution in [1.29, 1.82) is 0 Å². The number of allylic oxidation sites excluding steroid dienone is 1. The zero-order chi connectivity index (χ0) is 9.52. The van der Waals surface area contributed by atoms with Gasteiger partial charge < -0.3 is 12.3 Å². The number of hydrogen-bond donors (Lipinski definition) is 0. The Kier molecular flexibility index (Phi) is 8.72. The van der Waals surface area contributed by atoms with Gasteiger partial charge in [-0.25, -0.2) is 0 Å². The number of hydrogen-bond acceptors (Lipinski definition) is 0. The van der Waals surface area contributed by atoms with Crippen LogP contribution in [0, 0.1) is 18.3 Å². The van der Waals surface area contributed by atoms with Crippen molar-refractivity contribution in [3.8, 4) is 0 Å². The average molecular weight is 234 g/mol. The summed E-state index contributed by atoms with van der Waals surface area (Å²) < 4.78 is 0. The maximum Gasteiger partial charge on any atom is 2.00 e. The summed E-state index contributed by atoms with van der Waals surface area (Å²) in [4.78, 5) is 0. The molecule has 2 rings (SSSR count). The molecule has 2 aliphatic rings. The summed E-state index contributed by atoms with van der Waals surface area (Å²) in [6, 6.07) is 0. The van der Waals surface area contributed by atoms with Crippen LogP contribution in [0.3, 0.4) is 0 Å². The van der Waals surface area contributed by atoms with Gasteiger partial charge in [0.05, 0.1) is 0 Å². The Morgan fingerprint density at radius 2 is 1.93 bits per heavy atom. The van der Waals surface area contributed by atoms with Gasteiger partial charge in [0, 0.05) is 0 Å². The van der Waals surface area contributed by atoms with Crippen LogP contribution < -0.4 is 0 Å². The molecule has 0 N–H and O–H groups in total. The van der Waals surface area contributed by atoms with Crippen molar-refractivity contribution in [2.24, 2.45) is 5.92 Å². The SMILES string of the molecule is C=CC1CCC[C-]1C.[CH-]1CCCC1.[Fe+2]. The Balaban J connectivity index is 0.000000246. The Bertz CT molecular complexity index is 131. The van der Waals surface area contributed by atoms with Crippen LogP contribution in [0.5, 0.6) is 0 Å². The zero-order valence-electron chi connectivity index (χ0n) is 9.24. The van der Waals surface area contributed by atoms with Crippen LogP contribution in [-0.4, -0.2) is 0 Å². The largest absolute Gasteiger partial charge is 2.00 e. The van der Waals surface area contributed by atoms with Crippen molar-refractivity contribution in [3.63, 3.8) is 0 Å². The smallest absolute Gasteiger partial charge is 0.328 e. The van der Waals surface area contributed by atoms with E-state index < -0.39 is 0 Å². The molecule has 2 saturated carbocycles. The molecule has 0 aliphatic heterocycles. The van der Waals surface area contributed by atoms with Crippen LogP contribution in [0.2, 0.25) is 0 Å². The van der Waals surface area contributed by atoms with Gasteiger partial charge in [-0.05, 0) is 0 Å². The second-order valence-corrected chi connectivity index (χ2v) is 4.15. The Hall–Kier alpha value is 0.259. The van der Waals surface area contributed by atoms with Gasteiger partial charge in [0.2, 0.25) is 0 Å². The van der Waals surface area contributed by atoms with Crippen molar-refractivity contribution in [3.05, 3.63) is 25.0 Å². The van der Waals surface area contributed by atoms with Crippen molar-refractivity contribution in [2.45, 2.75) is 51.9 Å². The molecule has 0 saturated heterocycles. The molecule has 2 fully saturated rings. The molecule has 0 bridgehead atoms. The number of rotatable bonds is 1. The molecular formula is C13H22Fe. The normalized spacial score (nSPS) is 26.2. The minimum Gasteiger partial charge on any atom is -0.328 e. The van der Waals surface area contributed by atoms with Gasteiger partial charge in [-0.3, -0.25) is 0 Å². The topological polar surface area (TPSA) is 0 Å². The van der Waals surface area contributed by atoms with Gasteiger partial charge >= 0.3 is 17.1 Å². The molecule has 0 radical (unpaired) electrons. The minimum absolute atomic E-state index is 0. The van der Waals surface area contributed by atoms with Crippen LogP contribution in [0.4, 0.5) is 0 Å². The monoisotopic (exact) mass is 234 g/mol. The van der Waals surface area contributed by atoms with Crippen LogP contribution in [-0.2, 0) is 17.1 Å². The fraction of sp³-hybridized carbons (Fsp3) is 0.692. The van der Waals surface area contributed by atoms with E-state index in [9.17, 15) is 0 Å². The third kappa shape index (κ3) is 5.22. The first-order valence-electron chi connectivity index (χ1n) is 5.61. The van der Waals surface area contributed by atoms with Gasteiger partial charge in [-0.1, -0.05) is 25.7 Å². The zero-order valence-corrected chi connectivity index (χ0v) is 10.3. The first kappa shape index (κ1) is 14.3. The quantitative estimate of drug-likeness (QED) is 0.360. The molecule has 14 heavy (non-hydrogen) atoms. The van der Waals surface area contributed by atoms with Gasteiger partial charge in [0.25, 0.3) is 0 Å². The van der Waals surface area contributed by atoms with E-state index >= 15 is 0 Å². The van der Waals surface area contributed by atoms with Gasteiger partial charge in [-0.15, -0.1) is 18.6 Å². The fourth-order valence-electron chi connectivity index (χ4n) is 2.07. The molecule has 0 aromatic carbocycles. The predicted molar refractivity (Wildman–Crippen MR) is 59.2 cm³/mol. The summed E-state index contributed by atoms with van der Waals surface area (Å²) in [6.45, 7) is 6.01. The predicted octanol–water partition coefficient (Wildman–Crippen LogP) is 4.33. The van der Waals surface area contributed by atoms with Crippen molar-refractivity contribution in [1.82, 2.24) is 0 Å². The standard InChI is InChI=1S/C8H13.C5H9.Fe/c1-3-8-6-4-5-7(8)2;1-2-4-5-3-1;/h3,8H,1,4-6H2,2H3;1H,2-5H2;/q2*-1;+2. The average Bonchev–Trinajstić information content (AvgIpc) is 2.76. The summed E-state index contributed by atoms with van der Waals surface area (Å²) >= 11 is 0. The molecule has 0 aromatic rings. The van der Waals surface area contributed by atoms with E-state index in [-0.39, 0.29) is 17.1 Å². The van der Waals surface area contributed by atoms with E-state index in [0.717, 1.165) is 5.92 Å². The van der Waals surface area contributed by atoms with E-state index in [1.165, 1.54) is 44.9 Å². The van der Waals surface area contributed by atoms with E-state index in [0.29, 0.717) is 0 Å². The Labute approximate surface area is 100 Å². The third-order valence-electron chi connectivity index (χ3n) is 3.07. The second-order valence-electron chi connectivity index (χ2n) is 4.15. The molecule has 0 aromatic heterocycles. The fourth-order valence-corrected chi connectivity index (χ4v) is 2.07. The van der Waals surface area contributed by atoms with E-state index in [1.54, 1.807) is 5.92 Å². The molecule has 0 heterocycles. The van der Waals surface area contributed by atoms with Crippen LogP contribution in [0.1, 0.15) is 51.9 Å². The first-order chi connectivity index (χ1) is 6.34. The Morgan fingerprint density at radius 3 is 2.14 bits per heavy atom. The molecular weight excluding hydrogens is 212 g/mol. The van der Waals surface area contributed by atoms with Crippen molar-refractivity contribution in [2.75, 3.05) is 0 Å². The maximum absolute atomic E-state index is 3.77. The minimum atomic E-state index is 0. The van der Waals surface area contributed by atoms with Gasteiger partial charge in [-0.2, -0.15) is 26.2 Å². The molecule has 1 unspecified atom stereocenters. The molecule has 0 nitrogen and oxygen atoms in total. The van der Waals surface area contributed by atoms with Crippen LogP contribution in [0.25, 0.3) is 0 Å². The van der Waals surface area contributed by atoms with E-state index in [4.69, 9.17) is 0 Å². The van der Waals surface area contributed by atoms with Gasteiger partial charge in [0.1, 0.15) is 0 Å². The van der Waals surface area contributed by atoms with Crippen LogP contribution in [0.15, 0.2) is 12.7 Å².